The molecule has 0 bridgehead atoms. The van der Waals surface area contributed by atoms with E-state index >= 15 is 0 Å². The molecule has 2 unspecified atom stereocenters. The predicted octanol–water partition coefficient (Wildman–Crippen LogP) is 5.17. The number of para-hydroxylation sites is 2. The zero-order valence-corrected chi connectivity index (χ0v) is 20.2. The van der Waals surface area contributed by atoms with Gasteiger partial charge in [0.2, 0.25) is 0 Å². The molecule has 3 heterocycles. The minimum atomic E-state index is -0.472. The Morgan fingerprint density at radius 3 is 2.54 bits per heavy atom. The van der Waals surface area contributed by atoms with Gasteiger partial charge in [0.05, 0.1) is 29.2 Å². The van der Waals surface area contributed by atoms with Gasteiger partial charge in [0.15, 0.2) is 0 Å². The van der Waals surface area contributed by atoms with E-state index in [9.17, 15) is 14.0 Å². The second-order valence-corrected chi connectivity index (χ2v) is 9.65. The number of piperidine rings is 1. The zero-order chi connectivity index (χ0) is 24.7. The van der Waals surface area contributed by atoms with Gasteiger partial charge in [-0.05, 0) is 49.9 Å². The molecule has 0 saturated carbocycles. The van der Waals surface area contributed by atoms with Crippen LogP contribution >= 0.6 is 0 Å². The Morgan fingerprint density at radius 2 is 1.83 bits per heavy atom. The Labute approximate surface area is 204 Å². The van der Waals surface area contributed by atoms with Gasteiger partial charge in [-0.25, -0.2) is 13.9 Å². The number of likely N-dealkylation sites (tertiary alicyclic amines) is 1. The molecule has 2 aromatic carbocycles. The van der Waals surface area contributed by atoms with Gasteiger partial charge in [-0.3, -0.25) is 4.79 Å². The maximum Gasteiger partial charge on any atom is 0.321 e. The molecule has 1 fully saturated rings. The summed E-state index contributed by atoms with van der Waals surface area (Å²) in [7, 11) is 0. The molecule has 1 aromatic heterocycles. The highest BCUT2D eigenvalue weighted by molar-refractivity contribution is 5.99. The SMILES string of the molecule is Cc1nn(-c2ccccc2)c2c1C(C(C)C)N(C1CCCN(C(=O)Nc3ccccc3F)C1)C2=O. The Kier molecular flexibility index (Phi) is 6.05. The first kappa shape index (κ1) is 23.1. The van der Waals surface area contributed by atoms with Crippen LogP contribution in [0.4, 0.5) is 14.9 Å². The third-order valence-electron chi connectivity index (χ3n) is 6.96. The van der Waals surface area contributed by atoms with Crippen LogP contribution in [-0.4, -0.2) is 50.6 Å². The lowest BCUT2D eigenvalue weighted by atomic mass is 9.94. The molecule has 3 aromatic rings. The summed E-state index contributed by atoms with van der Waals surface area (Å²) in [6.07, 6.45) is 1.57. The van der Waals surface area contributed by atoms with Crippen molar-refractivity contribution in [1.82, 2.24) is 19.6 Å². The van der Waals surface area contributed by atoms with Crippen LogP contribution in [0.1, 0.15) is 54.5 Å². The number of rotatable bonds is 4. The van der Waals surface area contributed by atoms with Crippen LogP contribution in [0.15, 0.2) is 54.6 Å². The zero-order valence-electron chi connectivity index (χ0n) is 20.2. The average Bonchev–Trinajstić information content (AvgIpc) is 3.36. The van der Waals surface area contributed by atoms with Crippen molar-refractivity contribution in [2.75, 3.05) is 18.4 Å². The Balaban J connectivity index is 1.43. The highest BCUT2D eigenvalue weighted by Crippen LogP contribution is 2.43. The number of aryl methyl sites for hydroxylation is 1. The smallest absolute Gasteiger partial charge is 0.321 e. The van der Waals surface area contributed by atoms with E-state index in [0.29, 0.717) is 18.8 Å². The van der Waals surface area contributed by atoms with Gasteiger partial charge < -0.3 is 15.1 Å². The molecule has 2 aliphatic rings. The molecular weight excluding hydrogens is 445 g/mol. The van der Waals surface area contributed by atoms with E-state index in [4.69, 9.17) is 5.10 Å². The van der Waals surface area contributed by atoms with E-state index < -0.39 is 5.82 Å². The van der Waals surface area contributed by atoms with Crippen molar-refractivity contribution in [2.24, 2.45) is 5.92 Å². The predicted molar refractivity (Wildman–Crippen MR) is 132 cm³/mol. The van der Waals surface area contributed by atoms with E-state index in [1.54, 1.807) is 27.8 Å². The average molecular weight is 476 g/mol. The van der Waals surface area contributed by atoms with Crippen LogP contribution in [-0.2, 0) is 0 Å². The summed E-state index contributed by atoms with van der Waals surface area (Å²) < 4.78 is 15.8. The number of nitrogens with zero attached hydrogens (tertiary/aromatic N) is 4. The molecule has 0 spiro atoms. The Bertz CT molecular complexity index is 1260. The second-order valence-electron chi connectivity index (χ2n) is 9.65. The molecule has 0 aliphatic carbocycles. The normalized spacial score (nSPS) is 19.9. The largest absolute Gasteiger partial charge is 0.325 e. The van der Waals surface area contributed by atoms with Gasteiger partial charge in [-0.2, -0.15) is 5.10 Å². The maximum atomic E-state index is 14.1. The van der Waals surface area contributed by atoms with Gasteiger partial charge in [-0.15, -0.1) is 0 Å². The van der Waals surface area contributed by atoms with Crippen LogP contribution in [0.25, 0.3) is 5.69 Å². The van der Waals surface area contributed by atoms with Crippen molar-refractivity contribution in [3.8, 4) is 5.69 Å². The summed E-state index contributed by atoms with van der Waals surface area (Å²) >= 11 is 0. The molecule has 35 heavy (non-hydrogen) atoms. The lowest BCUT2D eigenvalue weighted by Crippen LogP contribution is -2.52. The third kappa shape index (κ3) is 4.07. The van der Waals surface area contributed by atoms with Crippen LogP contribution in [0.2, 0.25) is 0 Å². The maximum absolute atomic E-state index is 14.1. The molecule has 2 aliphatic heterocycles. The first-order valence-electron chi connectivity index (χ1n) is 12.1. The number of benzene rings is 2. The molecule has 1 N–H and O–H groups in total. The number of urea groups is 1. The fourth-order valence-electron chi connectivity index (χ4n) is 5.41. The van der Waals surface area contributed by atoms with E-state index in [1.165, 1.54) is 6.07 Å². The highest BCUT2D eigenvalue weighted by Gasteiger charge is 2.47. The van der Waals surface area contributed by atoms with Gasteiger partial charge in [0.1, 0.15) is 11.5 Å². The first-order valence-corrected chi connectivity index (χ1v) is 12.1. The minimum Gasteiger partial charge on any atom is -0.325 e. The lowest BCUT2D eigenvalue weighted by Gasteiger charge is -2.41. The summed E-state index contributed by atoms with van der Waals surface area (Å²) in [5.74, 6) is -0.347. The van der Waals surface area contributed by atoms with Crippen LogP contribution in [0.3, 0.4) is 0 Å². The van der Waals surface area contributed by atoms with Crippen molar-refractivity contribution in [3.63, 3.8) is 0 Å². The second kappa shape index (κ2) is 9.17. The number of hydrogen-bond acceptors (Lipinski definition) is 3. The molecule has 0 radical (unpaired) electrons. The molecule has 7 nitrogen and oxygen atoms in total. The standard InChI is InChI=1S/C27H30FN5O2/c1-17(2)24-23-18(3)30-33(19-10-5-4-6-11-19)25(23)26(34)32(24)20-12-9-15-31(16-20)27(35)29-22-14-8-7-13-21(22)28/h4-8,10-11,13-14,17,20,24H,9,12,15-16H2,1-3H3,(H,29,35). The van der Waals surface area contributed by atoms with E-state index in [2.05, 4.69) is 19.2 Å². The Hall–Kier alpha value is -3.68. The quantitative estimate of drug-likeness (QED) is 0.566. The van der Waals surface area contributed by atoms with Crippen LogP contribution in [0.5, 0.6) is 0 Å². The topological polar surface area (TPSA) is 70.5 Å². The summed E-state index contributed by atoms with van der Waals surface area (Å²) in [4.78, 5) is 30.5. The number of carbonyl (C=O) groups excluding carboxylic acids is 2. The molecular formula is C27H30FN5O2. The number of carbonyl (C=O) groups is 2. The van der Waals surface area contributed by atoms with Crippen LogP contribution in [0, 0.1) is 18.7 Å². The number of fused-ring (bicyclic) bond motifs is 1. The number of halogens is 1. The molecule has 1 saturated heterocycles. The lowest BCUT2D eigenvalue weighted by molar-refractivity contribution is 0.0431. The van der Waals surface area contributed by atoms with Gasteiger partial charge in [0, 0.05) is 18.7 Å². The molecule has 3 amide bonds. The minimum absolute atomic E-state index is 0.0514. The van der Waals surface area contributed by atoms with Crippen molar-refractivity contribution in [2.45, 2.75) is 45.7 Å². The molecule has 182 valence electrons. The number of hydrogen-bond donors (Lipinski definition) is 1. The van der Waals surface area contributed by atoms with E-state index in [0.717, 1.165) is 29.8 Å². The van der Waals surface area contributed by atoms with Crippen molar-refractivity contribution < 1.29 is 14.0 Å². The van der Waals surface area contributed by atoms with Crippen molar-refractivity contribution in [1.29, 1.82) is 0 Å². The summed E-state index contributed by atoms with van der Waals surface area (Å²) in [6, 6.07) is 15.2. The first-order chi connectivity index (χ1) is 16.9. The summed E-state index contributed by atoms with van der Waals surface area (Å²) in [6.45, 7) is 7.15. The summed E-state index contributed by atoms with van der Waals surface area (Å²) in [5, 5.41) is 7.41. The van der Waals surface area contributed by atoms with Crippen LogP contribution < -0.4 is 5.32 Å². The fraction of sp³-hybridized carbons (Fsp3) is 0.370. The van der Waals surface area contributed by atoms with E-state index in [-0.39, 0.29) is 35.6 Å². The number of amides is 3. The van der Waals surface area contributed by atoms with Crippen molar-refractivity contribution in [3.05, 3.63) is 77.4 Å². The number of nitrogens with one attached hydrogen (secondary N) is 1. The van der Waals surface area contributed by atoms with E-state index in [1.807, 2.05) is 42.2 Å². The van der Waals surface area contributed by atoms with Crippen molar-refractivity contribution >= 4 is 17.6 Å². The molecule has 2 atom stereocenters. The number of anilines is 1. The Morgan fingerprint density at radius 1 is 1.11 bits per heavy atom. The summed E-state index contributed by atoms with van der Waals surface area (Å²) in [5.41, 5.74) is 3.44. The molecule has 5 rings (SSSR count). The van der Waals surface area contributed by atoms with Gasteiger partial charge in [-0.1, -0.05) is 44.2 Å². The van der Waals surface area contributed by atoms with Gasteiger partial charge >= 0.3 is 6.03 Å². The third-order valence-corrected chi connectivity index (χ3v) is 6.96. The monoisotopic (exact) mass is 475 g/mol. The number of aromatic nitrogens is 2. The highest BCUT2D eigenvalue weighted by atomic mass is 19.1. The fourth-order valence-corrected chi connectivity index (χ4v) is 5.41. The molecule has 8 heteroatoms. The van der Waals surface area contributed by atoms with Gasteiger partial charge in [0.25, 0.3) is 5.91 Å².